The number of carbonyl (C=O) groups is 1. The highest BCUT2D eigenvalue weighted by molar-refractivity contribution is 5.81. The largest absolute Gasteiger partial charge is 0.491 e. The molecule has 1 aromatic rings. The molecular weight excluding hydrogens is 252 g/mol. The third kappa shape index (κ3) is 4.85. The zero-order chi connectivity index (χ0) is 15.1. The number of hydrogen-bond donors (Lipinski definition) is 2. The van der Waals surface area contributed by atoms with Crippen LogP contribution in [-0.4, -0.2) is 25.1 Å². The summed E-state index contributed by atoms with van der Waals surface area (Å²) in [5, 5.41) is 2.79. The molecule has 0 fully saturated rings. The van der Waals surface area contributed by atoms with Gasteiger partial charge in [0.25, 0.3) is 0 Å². The van der Waals surface area contributed by atoms with Gasteiger partial charge in [-0.1, -0.05) is 45.9 Å². The minimum Gasteiger partial charge on any atom is -0.491 e. The molecule has 0 aliphatic carbocycles. The van der Waals surface area contributed by atoms with Crippen LogP contribution in [0.3, 0.4) is 0 Å². The molecule has 0 saturated carbocycles. The molecule has 1 aromatic carbocycles. The fraction of sp³-hybridized carbons (Fsp3) is 0.562. The third-order valence-electron chi connectivity index (χ3n) is 3.22. The predicted molar refractivity (Wildman–Crippen MR) is 81.8 cm³/mol. The van der Waals surface area contributed by atoms with Gasteiger partial charge in [0.15, 0.2) is 0 Å². The first kappa shape index (κ1) is 16.5. The molecule has 3 N–H and O–H groups in total. The number of carbonyl (C=O) groups excluding carboxylic acids is 1. The summed E-state index contributed by atoms with van der Waals surface area (Å²) in [6, 6.07) is 7.52. The lowest BCUT2D eigenvalue weighted by molar-refractivity contribution is -0.123. The van der Waals surface area contributed by atoms with E-state index in [4.69, 9.17) is 10.5 Å². The van der Waals surface area contributed by atoms with Crippen LogP contribution < -0.4 is 15.8 Å². The summed E-state index contributed by atoms with van der Waals surface area (Å²) in [6.45, 7) is 9.03. The Bertz CT molecular complexity index is 430. The van der Waals surface area contributed by atoms with E-state index in [0.29, 0.717) is 19.1 Å². The van der Waals surface area contributed by atoms with Gasteiger partial charge in [-0.3, -0.25) is 4.79 Å². The van der Waals surface area contributed by atoms with Crippen molar-refractivity contribution in [2.75, 3.05) is 13.2 Å². The van der Waals surface area contributed by atoms with Gasteiger partial charge in [-0.2, -0.15) is 0 Å². The van der Waals surface area contributed by atoms with Crippen molar-refractivity contribution in [1.29, 1.82) is 0 Å². The first-order valence-corrected chi connectivity index (χ1v) is 7.18. The molecule has 0 heterocycles. The second-order valence-corrected chi connectivity index (χ2v) is 5.60. The second kappa shape index (κ2) is 7.90. The van der Waals surface area contributed by atoms with Crippen molar-refractivity contribution in [3.05, 3.63) is 29.8 Å². The Balaban J connectivity index is 2.40. The number of rotatable bonds is 7. The summed E-state index contributed by atoms with van der Waals surface area (Å²) in [5.74, 6) is 1.30. The van der Waals surface area contributed by atoms with E-state index in [2.05, 4.69) is 25.2 Å². The lowest BCUT2D eigenvalue weighted by Gasteiger charge is -2.16. The molecule has 0 saturated heterocycles. The molecule has 0 bridgehead atoms. The first-order chi connectivity index (χ1) is 9.43. The van der Waals surface area contributed by atoms with Crippen molar-refractivity contribution < 1.29 is 9.53 Å². The number of nitrogens with two attached hydrogens (primary N) is 1. The van der Waals surface area contributed by atoms with Crippen LogP contribution in [0.2, 0.25) is 0 Å². The van der Waals surface area contributed by atoms with E-state index in [-0.39, 0.29) is 11.8 Å². The van der Waals surface area contributed by atoms with Gasteiger partial charge in [0.1, 0.15) is 12.4 Å². The van der Waals surface area contributed by atoms with Crippen LogP contribution in [0.15, 0.2) is 24.3 Å². The van der Waals surface area contributed by atoms with Crippen LogP contribution in [0.4, 0.5) is 0 Å². The summed E-state index contributed by atoms with van der Waals surface area (Å²) in [4.78, 5) is 11.7. The molecule has 20 heavy (non-hydrogen) atoms. The monoisotopic (exact) mass is 278 g/mol. The number of amides is 1. The van der Waals surface area contributed by atoms with Gasteiger partial charge in [0.2, 0.25) is 5.91 Å². The fourth-order valence-electron chi connectivity index (χ4n) is 1.84. The summed E-state index contributed by atoms with van der Waals surface area (Å²) in [6.07, 6.45) is 0. The molecule has 1 atom stereocenters. The maximum Gasteiger partial charge on any atom is 0.237 e. The van der Waals surface area contributed by atoms with Crippen LogP contribution in [0.25, 0.3) is 0 Å². The SMILES string of the molecule is CC(C)c1ccccc1OCCNC(=O)[C@@H](N)C(C)C. The number of para-hydroxylation sites is 1. The van der Waals surface area contributed by atoms with Crippen molar-refractivity contribution in [3.8, 4) is 5.75 Å². The molecule has 0 aliphatic heterocycles. The highest BCUT2D eigenvalue weighted by atomic mass is 16.5. The van der Waals surface area contributed by atoms with E-state index in [1.807, 2.05) is 32.0 Å². The Labute approximate surface area is 121 Å². The molecule has 0 spiro atoms. The smallest absolute Gasteiger partial charge is 0.237 e. The van der Waals surface area contributed by atoms with Crippen molar-refractivity contribution >= 4 is 5.91 Å². The van der Waals surface area contributed by atoms with Crippen LogP contribution >= 0.6 is 0 Å². The van der Waals surface area contributed by atoms with Crippen molar-refractivity contribution in [2.45, 2.75) is 39.7 Å². The van der Waals surface area contributed by atoms with Gasteiger partial charge in [-0.25, -0.2) is 0 Å². The normalized spacial score (nSPS) is 12.6. The first-order valence-electron chi connectivity index (χ1n) is 7.18. The Hall–Kier alpha value is -1.55. The minimum atomic E-state index is -0.460. The Morgan fingerprint density at radius 2 is 1.90 bits per heavy atom. The van der Waals surface area contributed by atoms with E-state index in [0.717, 1.165) is 5.75 Å². The van der Waals surface area contributed by atoms with Crippen LogP contribution in [0, 0.1) is 5.92 Å². The van der Waals surface area contributed by atoms with Gasteiger partial charge in [-0.15, -0.1) is 0 Å². The second-order valence-electron chi connectivity index (χ2n) is 5.60. The molecule has 0 radical (unpaired) electrons. The lowest BCUT2D eigenvalue weighted by Crippen LogP contribution is -2.45. The molecule has 112 valence electrons. The van der Waals surface area contributed by atoms with Crippen LogP contribution in [0.5, 0.6) is 5.75 Å². The van der Waals surface area contributed by atoms with Crippen LogP contribution in [-0.2, 0) is 4.79 Å². The zero-order valence-electron chi connectivity index (χ0n) is 12.8. The molecule has 0 unspecified atom stereocenters. The van der Waals surface area contributed by atoms with E-state index in [1.165, 1.54) is 5.56 Å². The fourth-order valence-corrected chi connectivity index (χ4v) is 1.84. The molecule has 4 heteroatoms. The quantitative estimate of drug-likeness (QED) is 0.752. The van der Waals surface area contributed by atoms with Gasteiger partial charge in [0, 0.05) is 0 Å². The highest BCUT2D eigenvalue weighted by Crippen LogP contribution is 2.25. The van der Waals surface area contributed by atoms with Gasteiger partial charge < -0.3 is 15.8 Å². The molecule has 1 rings (SSSR count). The molecule has 0 aliphatic rings. The van der Waals surface area contributed by atoms with Crippen molar-refractivity contribution in [3.63, 3.8) is 0 Å². The average molecular weight is 278 g/mol. The molecule has 1 amide bonds. The number of benzene rings is 1. The highest BCUT2D eigenvalue weighted by Gasteiger charge is 2.16. The topological polar surface area (TPSA) is 64.3 Å². The lowest BCUT2D eigenvalue weighted by atomic mass is 10.0. The Morgan fingerprint density at radius 3 is 2.50 bits per heavy atom. The minimum absolute atomic E-state index is 0.124. The van der Waals surface area contributed by atoms with E-state index in [9.17, 15) is 4.79 Å². The van der Waals surface area contributed by atoms with Gasteiger partial charge in [0.05, 0.1) is 12.6 Å². The zero-order valence-corrected chi connectivity index (χ0v) is 12.8. The third-order valence-corrected chi connectivity index (χ3v) is 3.22. The average Bonchev–Trinajstić information content (AvgIpc) is 2.42. The van der Waals surface area contributed by atoms with E-state index < -0.39 is 6.04 Å². The maximum atomic E-state index is 11.7. The standard InChI is InChI=1S/C16H26N2O2/c1-11(2)13-7-5-6-8-14(13)20-10-9-18-16(19)15(17)12(3)4/h5-8,11-12,15H,9-10,17H2,1-4H3,(H,18,19)/t15-/m0/s1. The number of ether oxygens (including phenoxy) is 1. The van der Waals surface area contributed by atoms with E-state index >= 15 is 0 Å². The molecular formula is C16H26N2O2. The summed E-state index contributed by atoms with van der Waals surface area (Å²) in [5.41, 5.74) is 6.94. The van der Waals surface area contributed by atoms with Gasteiger partial charge in [-0.05, 0) is 23.5 Å². The van der Waals surface area contributed by atoms with E-state index in [1.54, 1.807) is 0 Å². The maximum absolute atomic E-state index is 11.7. The van der Waals surface area contributed by atoms with Gasteiger partial charge >= 0.3 is 0 Å². The summed E-state index contributed by atoms with van der Waals surface area (Å²) >= 11 is 0. The number of nitrogens with one attached hydrogen (secondary N) is 1. The Morgan fingerprint density at radius 1 is 1.25 bits per heavy atom. The molecule has 4 nitrogen and oxygen atoms in total. The molecule has 0 aromatic heterocycles. The Kier molecular flexibility index (Phi) is 6.52. The van der Waals surface area contributed by atoms with Crippen LogP contribution in [0.1, 0.15) is 39.2 Å². The predicted octanol–water partition coefficient (Wildman–Crippen LogP) is 2.29. The number of hydrogen-bond acceptors (Lipinski definition) is 3. The van der Waals surface area contributed by atoms with Crippen molar-refractivity contribution in [2.24, 2.45) is 11.7 Å². The summed E-state index contributed by atoms with van der Waals surface area (Å²) < 4.78 is 5.73. The van der Waals surface area contributed by atoms with Crippen molar-refractivity contribution in [1.82, 2.24) is 5.32 Å². The summed E-state index contributed by atoms with van der Waals surface area (Å²) in [7, 11) is 0.